The molecule has 204 valence electrons. The number of likely N-dealkylation sites (tertiary alicyclic amines) is 1. The number of nitrogens with zero attached hydrogens (tertiary/aromatic N) is 4. The van der Waals surface area contributed by atoms with Crippen molar-refractivity contribution in [3.63, 3.8) is 0 Å². The molecule has 8 nitrogen and oxygen atoms in total. The van der Waals surface area contributed by atoms with Gasteiger partial charge in [-0.05, 0) is 101 Å². The Balaban J connectivity index is 1.19. The van der Waals surface area contributed by atoms with Gasteiger partial charge in [-0.25, -0.2) is 13.4 Å². The van der Waals surface area contributed by atoms with Gasteiger partial charge in [-0.2, -0.15) is 4.98 Å². The van der Waals surface area contributed by atoms with Gasteiger partial charge in [0.25, 0.3) is 0 Å². The second-order valence-corrected chi connectivity index (χ2v) is 14.5. The van der Waals surface area contributed by atoms with Crippen LogP contribution in [0.3, 0.4) is 0 Å². The first-order valence-electron chi connectivity index (χ1n) is 14.1. The standard InChI is InChI=1S/C29H39N5O3S/c1-19-15-23(38(36,37)24-16-29(17-24)10-12-33(3)13-11-29)8-9-25(19)31-28-30-18-21-14-20(2)27(35)34(26(21)32-28)22-6-4-5-7-22/h8-9,15,18,20,22,24H,4-7,10-14,16-17H2,1-3H3,(H,30,31,32). The Kier molecular flexibility index (Phi) is 6.50. The molecule has 1 spiro atoms. The molecule has 0 radical (unpaired) electrons. The van der Waals surface area contributed by atoms with Crippen molar-refractivity contribution in [3.8, 4) is 0 Å². The summed E-state index contributed by atoms with van der Waals surface area (Å²) in [6.07, 6.45) is 10.5. The molecule has 38 heavy (non-hydrogen) atoms. The van der Waals surface area contributed by atoms with Crippen molar-refractivity contribution in [1.29, 1.82) is 0 Å². The quantitative estimate of drug-likeness (QED) is 0.593. The number of anilines is 3. The summed E-state index contributed by atoms with van der Waals surface area (Å²) in [7, 11) is -1.22. The highest BCUT2D eigenvalue weighted by Gasteiger charge is 2.50. The number of carbonyl (C=O) groups excluding carboxylic acids is 1. The van der Waals surface area contributed by atoms with Crippen molar-refractivity contribution in [2.45, 2.75) is 87.8 Å². The van der Waals surface area contributed by atoms with Gasteiger partial charge in [0, 0.05) is 29.4 Å². The molecule has 3 heterocycles. The SMILES string of the molecule is Cc1cc(S(=O)(=O)C2CC3(CCN(C)CC3)C2)ccc1Nc1ncc2c(n1)N(C1CCCC1)C(=O)C(C)C2. The molecule has 2 aliphatic heterocycles. The fourth-order valence-electron chi connectivity index (χ4n) is 6.98. The fourth-order valence-corrected chi connectivity index (χ4v) is 9.11. The van der Waals surface area contributed by atoms with E-state index in [2.05, 4.69) is 22.2 Å². The van der Waals surface area contributed by atoms with Gasteiger partial charge in [-0.1, -0.05) is 19.8 Å². The predicted octanol–water partition coefficient (Wildman–Crippen LogP) is 4.64. The Morgan fingerprint density at radius 2 is 1.82 bits per heavy atom. The minimum atomic E-state index is -3.36. The number of piperidine rings is 1. The van der Waals surface area contributed by atoms with E-state index in [1.54, 1.807) is 12.1 Å². The number of aromatic nitrogens is 2. The summed E-state index contributed by atoms with van der Waals surface area (Å²) in [6.45, 7) is 6.01. The number of sulfone groups is 1. The fraction of sp³-hybridized carbons (Fsp3) is 0.621. The Morgan fingerprint density at radius 1 is 1.11 bits per heavy atom. The molecule has 2 aliphatic carbocycles. The molecule has 0 bridgehead atoms. The van der Waals surface area contributed by atoms with Crippen LogP contribution in [-0.2, 0) is 21.1 Å². The first-order chi connectivity index (χ1) is 18.1. The third-order valence-corrected chi connectivity index (χ3v) is 11.6. The second kappa shape index (κ2) is 9.59. The predicted molar refractivity (Wildman–Crippen MR) is 148 cm³/mol. The highest BCUT2D eigenvalue weighted by molar-refractivity contribution is 7.92. The van der Waals surface area contributed by atoms with Gasteiger partial charge in [0.1, 0.15) is 5.82 Å². The van der Waals surface area contributed by atoms with Crippen molar-refractivity contribution in [1.82, 2.24) is 14.9 Å². The average Bonchev–Trinajstić information content (AvgIpc) is 3.40. The van der Waals surface area contributed by atoms with Crippen LogP contribution in [0.15, 0.2) is 29.3 Å². The van der Waals surface area contributed by atoms with Crippen LogP contribution < -0.4 is 10.2 Å². The van der Waals surface area contributed by atoms with E-state index < -0.39 is 9.84 Å². The summed E-state index contributed by atoms with van der Waals surface area (Å²) in [5, 5.41) is 3.00. The monoisotopic (exact) mass is 537 g/mol. The van der Waals surface area contributed by atoms with Gasteiger partial charge < -0.3 is 10.2 Å². The van der Waals surface area contributed by atoms with Crippen molar-refractivity contribution < 1.29 is 13.2 Å². The summed E-state index contributed by atoms with van der Waals surface area (Å²) >= 11 is 0. The van der Waals surface area contributed by atoms with Crippen LogP contribution in [0.1, 0.15) is 69.4 Å². The summed E-state index contributed by atoms with van der Waals surface area (Å²) in [5.41, 5.74) is 2.83. The lowest BCUT2D eigenvalue weighted by Gasteiger charge is -2.51. The van der Waals surface area contributed by atoms with Crippen LogP contribution in [0.4, 0.5) is 17.5 Å². The van der Waals surface area contributed by atoms with Crippen LogP contribution in [0.25, 0.3) is 0 Å². The lowest BCUT2D eigenvalue weighted by atomic mass is 9.63. The topological polar surface area (TPSA) is 95.5 Å². The smallest absolute Gasteiger partial charge is 0.231 e. The lowest BCUT2D eigenvalue weighted by Crippen LogP contribution is -2.50. The van der Waals surface area contributed by atoms with Crippen molar-refractivity contribution >= 4 is 33.2 Å². The molecule has 1 amide bonds. The van der Waals surface area contributed by atoms with E-state index in [4.69, 9.17) is 4.98 Å². The third-order valence-electron chi connectivity index (χ3n) is 9.53. The van der Waals surface area contributed by atoms with Crippen LogP contribution in [0.2, 0.25) is 0 Å². The summed E-state index contributed by atoms with van der Waals surface area (Å²) < 4.78 is 26.8. The normalized spacial score (nSPS) is 24.4. The number of nitrogens with one attached hydrogen (secondary N) is 1. The molecule has 1 aromatic carbocycles. The van der Waals surface area contributed by atoms with Gasteiger partial charge in [-0.15, -0.1) is 0 Å². The zero-order valence-corrected chi connectivity index (χ0v) is 23.6. The maximum atomic E-state index is 13.4. The largest absolute Gasteiger partial charge is 0.324 e. The molecule has 1 atom stereocenters. The summed E-state index contributed by atoms with van der Waals surface area (Å²) in [5.74, 6) is 1.24. The highest BCUT2D eigenvalue weighted by Crippen LogP contribution is 2.52. The zero-order valence-electron chi connectivity index (χ0n) is 22.7. The van der Waals surface area contributed by atoms with Crippen LogP contribution >= 0.6 is 0 Å². The Bertz CT molecular complexity index is 1340. The van der Waals surface area contributed by atoms with Crippen molar-refractivity contribution in [2.75, 3.05) is 30.4 Å². The van der Waals surface area contributed by atoms with Crippen molar-refractivity contribution in [3.05, 3.63) is 35.5 Å². The van der Waals surface area contributed by atoms with Crippen LogP contribution in [0.5, 0.6) is 0 Å². The highest BCUT2D eigenvalue weighted by atomic mass is 32.2. The van der Waals surface area contributed by atoms with Gasteiger partial charge >= 0.3 is 0 Å². The molecule has 6 rings (SSSR count). The van der Waals surface area contributed by atoms with E-state index in [1.165, 1.54) is 0 Å². The molecule has 1 unspecified atom stereocenters. The summed E-state index contributed by atoms with van der Waals surface area (Å²) in [6, 6.07) is 5.50. The van der Waals surface area contributed by atoms with E-state index >= 15 is 0 Å². The molecule has 2 aromatic rings. The Labute approximate surface area is 226 Å². The lowest BCUT2D eigenvalue weighted by molar-refractivity contribution is -0.122. The van der Waals surface area contributed by atoms with E-state index in [0.717, 1.165) is 87.1 Å². The van der Waals surface area contributed by atoms with E-state index in [-0.39, 0.29) is 28.5 Å². The molecular formula is C29H39N5O3S. The van der Waals surface area contributed by atoms with E-state index in [1.807, 2.05) is 31.0 Å². The van der Waals surface area contributed by atoms with Gasteiger partial charge in [0.2, 0.25) is 11.9 Å². The number of hydrogen-bond donors (Lipinski definition) is 1. The average molecular weight is 538 g/mol. The zero-order chi connectivity index (χ0) is 26.7. The molecule has 2 saturated carbocycles. The van der Waals surface area contributed by atoms with Gasteiger partial charge in [0.15, 0.2) is 9.84 Å². The molecule has 9 heteroatoms. The number of fused-ring (bicyclic) bond motifs is 1. The number of carbonyl (C=O) groups is 1. The molecule has 4 aliphatic rings. The van der Waals surface area contributed by atoms with E-state index in [9.17, 15) is 13.2 Å². The van der Waals surface area contributed by atoms with Gasteiger partial charge in [0.05, 0.1) is 10.1 Å². The first-order valence-corrected chi connectivity index (χ1v) is 15.7. The Hall–Kier alpha value is -2.52. The maximum absolute atomic E-state index is 13.4. The van der Waals surface area contributed by atoms with Gasteiger partial charge in [-0.3, -0.25) is 9.69 Å². The number of rotatable bonds is 5. The second-order valence-electron chi connectivity index (χ2n) is 12.3. The number of benzene rings is 1. The molecule has 1 N–H and O–H groups in total. The number of amides is 1. The minimum absolute atomic E-state index is 0.0627. The van der Waals surface area contributed by atoms with E-state index in [0.29, 0.717) is 17.3 Å². The molecule has 1 aromatic heterocycles. The molecule has 3 fully saturated rings. The molecule has 1 saturated heterocycles. The molecular weight excluding hydrogens is 498 g/mol. The van der Waals surface area contributed by atoms with Crippen LogP contribution in [-0.4, -0.2) is 60.6 Å². The minimum Gasteiger partial charge on any atom is -0.324 e. The number of hydrogen-bond acceptors (Lipinski definition) is 7. The number of aryl methyl sites for hydroxylation is 1. The first kappa shape index (κ1) is 25.7. The van der Waals surface area contributed by atoms with Crippen LogP contribution in [0, 0.1) is 18.3 Å². The third kappa shape index (κ3) is 4.51. The maximum Gasteiger partial charge on any atom is 0.231 e. The van der Waals surface area contributed by atoms with Crippen molar-refractivity contribution in [2.24, 2.45) is 11.3 Å². The summed E-state index contributed by atoms with van der Waals surface area (Å²) in [4.78, 5) is 27.1. The Morgan fingerprint density at radius 3 is 2.50 bits per heavy atom.